The van der Waals surface area contributed by atoms with Gasteiger partial charge in [0.05, 0.1) is 18.2 Å². The standard InChI is InChI=1S/C25H33N5O3/c31-23(28-22-12-10-17-6-3-4-7-20(17)26-22)8-2-1-5-13-33-19-11-9-18-15-30-16-24(32)29-25(30)27-21(18)14-19/h3-4,6-7,10,12,18-19,21,25,27H,1-2,5,8-9,11,13-16H2,(H,29,32)(H,26,28,31). The van der Waals surface area contributed by atoms with Gasteiger partial charge in [-0.1, -0.05) is 24.6 Å². The molecule has 33 heavy (non-hydrogen) atoms. The van der Waals surface area contributed by atoms with E-state index in [0.717, 1.165) is 62.6 Å². The summed E-state index contributed by atoms with van der Waals surface area (Å²) in [5, 5.41) is 10.6. The fraction of sp³-hybridized carbons (Fsp3) is 0.560. The van der Waals surface area contributed by atoms with Crippen LogP contribution in [0.4, 0.5) is 5.82 Å². The molecular weight excluding hydrogens is 418 g/mol. The van der Waals surface area contributed by atoms with Gasteiger partial charge in [-0.15, -0.1) is 0 Å². The lowest BCUT2D eigenvalue weighted by Gasteiger charge is -2.45. The van der Waals surface area contributed by atoms with Crippen LogP contribution in [0, 0.1) is 5.92 Å². The maximum Gasteiger partial charge on any atom is 0.236 e. The normalized spacial score (nSPS) is 27.1. The van der Waals surface area contributed by atoms with Gasteiger partial charge in [-0.05, 0) is 56.2 Å². The fourth-order valence-corrected chi connectivity index (χ4v) is 5.31. The molecule has 3 fully saturated rings. The van der Waals surface area contributed by atoms with E-state index >= 15 is 0 Å². The van der Waals surface area contributed by atoms with Crippen molar-refractivity contribution in [2.75, 3.05) is 25.0 Å². The molecule has 0 radical (unpaired) electrons. The molecule has 0 bridgehead atoms. The van der Waals surface area contributed by atoms with Gasteiger partial charge in [-0.25, -0.2) is 4.98 Å². The highest BCUT2D eigenvalue weighted by molar-refractivity contribution is 5.91. The summed E-state index contributed by atoms with van der Waals surface area (Å²) in [6.07, 6.45) is 6.79. The summed E-state index contributed by atoms with van der Waals surface area (Å²) in [6, 6.07) is 12.1. The molecule has 2 aromatic rings. The molecule has 0 spiro atoms. The SMILES string of the molecule is O=C(CCCCCOC1CCC2CN3CC(=O)NC3NC2C1)Nc1ccc2ccccc2n1. The molecule has 4 atom stereocenters. The molecule has 8 nitrogen and oxygen atoms in total. The third-order valence-electron chi connectivity index (χ3n) is 7.06. The Morgan fingerprint density at radius 1 is 1.15 bits per heavy atom. The third kappa shape index (κ3) is 5.51. The number of benzene rings is 1. The average Bonchev–Trinajstić information content (AvgIpc) is 3.18. The Labute approximate surface area is 194 Å². The van der Waals surface area contributed by atoms with E-state index in [4.69, 9.17) is 4.74 Å². The smallest absolute Gasteiger partial charge is 0.236 e. The van der Waals surface area contributed by atoms with Crippen LogP contribution in [-0.2, 0) is 14.3 Å². The van der Waals surface area contributed by atoms with Crippen LogP contribution in [0.1, 0.15) is 44.9 Å². The molecule has 2 amide bonds. The molecule has 3 N–H and O–H groups in total. The Morgan fingerprint density at radius 3 is 3.00 bits per heavy atom. The molecule has 2 aliphatic heterocycles. The quantitative estimate of drug-likeness (QED) is 0.534. The van der Waals surface area contributed by atoms with Gasteiger partial charge in [0.1, 0.15) is 12.1 Å². The van der Waals surface area contributed by atoms with Crippen molar-refractivity contribution in [3.63, 3.8) is 0 Å². The van der Waals surface area contributed by atoms with Gasteiger partial charge in [-0.2, -0.15) is 0 Å². The zero-order chi connectivity index (χ0) is 22.6. The number of aromatic nitrogens is 1. The summed E-state index contributed by atoms with van der Waals surface area (Å²) in [6.45, 7) is 2.24. The molecule has 176 valence electrons. The van der Waals surface area contributed by atoms with Crippen molar-refractivity contribution in [1.29, 1.82) is 0 Å². The average molecular weight is 452 g/mol. The van der Waals surface area contributed by atoms with Crippen LogP contribution in [0.5, 0.6) is 0 Å². The van der Waals surface area contributed by atoms with Crippen molar-refractivity contribution in [1.82, 2.24) is 20.5 Å². The molecule has 3 aliphatic rings. The van der Waals surface area contributed by atoms with Gasteiger partial charge < -0.3 is 15.4 Å². The summed E-state index contributed by atoms with van der Waals surface area (Å²) in [7, 11) is 0. The summed E-state index contributed by atoms with van der Waals surface area (Å²) in [5.41, 5.74) is 0.884. The van der Waals surface area contributed by atoms with Crippen LogP contribution in [0.2, 0.25) is 0 Å². The van der Waals surface area contributed by atoms with Crippen LogP contribution in [0.15, 0.2) is 36.4 Å². The fourth-order valence-electron chi connectivity index (χ4n) is 5.31. The molecule has 2 saturated heterocycles. The Balaban J connectivity index is 0.962. The van der Waals surface area contributed by atoms with E-state index in [2.05, 4.69) is 25.8 Å². The molecule has 1 aromatic carbocycles. The van der Waals surface area contributed by atoms with Crippen LogP contribution in [0.25, 0.3) is 10.9 Å². The predicted molar refractivity (Wildman–Crippen MR) is 126 cm³/mol. The first-order valence-corrected chi connectivity index (χ1v) is 12.2. The summed E-state index contributed by atoms with van der Waals surface area (Å²) >= 11 is 0. The number of hydrogen-bond donors (Lipinski definition) is 3. The zero-order valence-corrected chi connectivity index (χ0v) is 19.0. The second kappa shape index (κ2) is 10.2. The minimum Gasteiger partial charge on any atom is -0.378 e. The monoisotopic (exact) mass is 451 g/mol. The maximum atomic E-state index is 12.2. The lowest BCUT2D eigenvalue weighted by molar-refractivity contribution is -0.119. The minimum atomic E-state index is -0.00606. The lowest BCUT2D eigenvalue weighted by atomic mass is 9.81. The first-order chi connectivity index (χ1) is 16.1. The van der Waals surface area contributed by atoms with Gasteiger partial charge >= 0.3 is 0 Å². The highest BCUT2D eigenvalue weighted by Gasteiger charge is 2.42. The van der Waals surface area contributed by atoms with Gasteiger partial charge in [0.2, 0.25) is 11.8 Å². The number of nitrogens with zero attached hydrogens (tertiary/aromatic N) is 2. The number of hydrogen-bond acceptors (Lipinski definition) is 6. The van der Waals surface area contributed by atoms with Gasteiger partial charge in [0, 0.05) is 31.0 Å². The number of ether oxygens (including phenoxy) is 1. The Bertz CT molecular complexity index is 999. The van der Waals surface area contributed by atoms with Crippen LogP contribution in [-0.4, -0.2) is 59.8 Å². The number of para-hydroxylation sites is 1. The molecule has 1 aliphatic carbocycles. The van der Waals surface area contributed by atoms with E-state index in [-0.39, 0.29) is 24.2 Å². The number of fused-ring (bicyclic) bond motifs is 3. The van der Waals surface area contributed by atoms with Crippen molar-refractivity contribution < 1.29 is 14.3 Å². The molecular formula is C25H33N5O3. The number of pyridine rings is 1. The van der Waals surface area contributed by atoms with Crippen molar-refractivity contribution >= 4 is 28.5 Å². The van der Waals surface area contributed by atoms with Gasteiger partial charge in [0.15, 0.2) is 0 Å². The van der Waals surface area contributed by atoms with Crippen LogP contribution in [0.3, 0.4) is 0 Å². The molecule has 4 unspecified atom stereocenters. The number of carbonyl (C=O) groups is 2. The summed E-state index contributed by atoms with van der Waals surface area (Å²) < 4.78 is 6.16. The largest absolute Gasteiger partial charge is 0.378 e. The van der Waals surface area contributed by atoms with E-state index in [1.807, 2.05) is 36.4 Å². The van der Waals surface area contributed by atoms with Crippen molar-refractivity contribution in [2.45, 2.75) is 63.4 Å². The number of unbranched alkanes of at least 4 members (excludes halogenated alkanes) is 2. The number of nitrogens with one attached hydrogen (secondary N) is 3. The van der Waals surface area contributed by atoms with Crippen molar-refractivity contribution in [3.05, 3.63) is 36.4 Å². The molecule has 1 saturated carbocycles. The first-order valence-electron chi connectivity index (χ1n) is 12.2. The van der Waals surface area contributed by atoms with Crippen LogP contribution >= 0.6 is 0 Å². The summed E-state index contributed by atoms with van der Waals surface area (Å²) in [4.78, 5) is 30.6. The number of amides is 2. The Kier molecular flexibility index (Phi) is 6.85. The number of rotatable bonds is 8. The highest BCUT2D eigenvalue weighted by atomic mass is 16.5. The predicted octanol–water partition coefficient (Wildman–Crippen LogP) is 2.61. The van der Waals surface area contributed by atoms with E-state index < -0.39 is 0 Å². The molecule has 1 aromatic heterocycles. The van der Waals surface area contributed by atoms with Gasteiger partial charge in [-0.3, -0.25) is 19.8 Å². The number of anilines is 1. The van der Waals surface area contributed by atoms with Gasteiger partial charge in [0.25, 0.3) is 0 Å². The highest BCUT2D eigenvalue weighted by Crippen LogP contribution is 2.31. The van der Waals surface area contributed by atoms with E-state index in [1.165, 1.54) is 0 Å². The maximum absolute atomic E-state index is 12.2. The summed E-state index contributed by atoms with van der Waals surface area (Å²) in [5.74, 6) is 1.33. The first kappa shape index (κ1) is 22.3. The van der Waals surface area contributed by atoms with E-state index in [9.17, 15) is 9.59 Å². The number of carbonyl (C=O) groups excluding carboxylic acids is 2. The van der Waals surface area contributed by atoms with Crippen molar-refractivity contribution in [2.24, 2.45) is 5.92 Å². The van der Waals surface area contributed by atoms with Crippen molar-refractivity contribution in [3.8, 4) is 0 Å². The Morgan fingerprint density at radius 2 is 2.06 bits per heavy atom. The molecule has 3 heterocycles. The third-order valence-corrected chi connectivity index (χ3v) is 7.06. The van der Waals surface area contributed by atoms with Crippen LogP contribution < -0.4 is 16.0 Å². The Hall–Kier alpha value is -2.55. The van der Waals surface area contributed by atoms with E-state index in [1.54, 1.807) is 0 Å². The second-order valence-corrected chi connectivity index (χ2v) is 9.49. The minimum absolute atomic E-state index is 0.00606. The lowest BCUT2D eigenvalue weighted by Crippen LogP contribution is -2.62. The van der Waals surface area contributed by atoms with E-state index in [0.29, 0.717) is 30.7 Å². The molecule has 5 rings (SSSR count). The zero-order valence-electron chi connectivity index (χ0n) is 19.0. The second-order valence-electron chi connectivity index (χ2n) is 9.49. The topological polar surface area (TPSA) is 95.6 Å². The molecule has 8 heteroatoms.